The van der Waals surface area contributed by atoms with E-state index in [2.05, 4.69) is 27.7 Å². The Hall–Kier alpha value is -1.20. The first kappa shape index (κ1) is 14.2. The molecule has 0 aromatic heterocycles. The van der Waals surface area contributed by atoms with Gasteiger partial charge in [-0.3, -0.25) is 4.79 Å². The van der Waals surface area contributed by atoms with Crippen LogP contribution in [0.4, 0.5) is 5.69 Å². The Morgan fingerprint density at radius 1 is 1.47 bits per heavy atom. The standard InChI is InChI=1S/C14H21N3OS/c1-17(12-5-3-2-4-6-12)9-7-16-14(18)13-11-19-10-8-15-13/h2-6,13,15H,7-11H2,1H3,(H,16,18). The van der Waals surface area contributed by atoms with Gasteiger partial charge in [0.05, 0.1) is 6.04 Å². The summed E-state index contributed by atoms with van der Waals surface area (Å²) < 4.78 is 0. The van der Waals surface area contributed by atoms with Gasteiger partial charge in [0.1, 0.15) is 0 Å². The molecular formula is C14H21N3OS. The molecule has 0 radical (unpaired) electrons. The van der Waals surface area contributed by atoms with Gasteiger partial charge in [-0.1, -0.05) is 18.2 Å². The average Bonchev–Trinajstić information content (AvgIpc) is 2.49. The molecule has 104 valence electrons. The summed E-state index contributed by atoms with van der Waals surface area (Å²) in [4.78, 5) is 14.1. The number of hydrogen-bond acceptors (Lipinski definition) is 4. The van der Waals surface area contributed by atoms with Crippen molar-refractivity contribution in [2.75, 3.05) is 43.1 Å². The molecule has 0 bridgehead atoms. The zero-order valence-corrected chi connectivity index (χ0v) is 12.1. The normalized spacial score (nSPS) is 18.9. The number of rotatable bonds is 5. The Morgan fingerprint density at radius 2 is 2.26 bits per heavy atom. The lowest BCUT2D eigenvalue weighted by Gasteiger charge is -2.23. The highest BCUT2D eigenvalue weighted by atomic mass is 32.2. The second kappa shape index (κ2) is 7.40. The number of carbonyl (C=O) groups excluding carboxylic acids is 1. The fourth-order valence-corrected chi connectivity index (χ4v) is 2.95. The second-order valence-corrected chi connectivity index (χ2v) is 5.78. The van der Waals surface area contributed by atoms with Crippen molar-refractivity contribution in [1.82, 2.24) is 10.6 Å². The Balaban J connectivity index is 1.69. The quantitative estimate of drug-likeness (QED) is 0.842. The molecule has 1 amide bonds. The molecule has 0 spiro atoms. The highest BCUT2D eigenvalue weighted by Gasteiger charge is 2.20. The van der Waals surface area contributed by atoms with Gasteiger partial charge in [-0.25, -0.2) is 0 Å². The third-order valence-electron chi connectivity index (χ3n) is 3.18. The van der Waals surface area contributed by atoms with E-state index in [1.807, 2.05) is 37.0 Å². The lowest BCUT2D eigenvalue weighted by atomic mass is 10.3. The van der Waals surface area contributed by atoms with Crippen LogP contribution < -0.4 is 15.5 Å². The van der Waals surface area contributed by atoms with Crippen LogP contribution in [0.15, 0.2) is 30.3 Å². The third kappa shape index (κ3) is 4.44. The van der Waals surface area contributed by atoms with Crippen molar-refractivity contribution in [2.24, 2.45) is 0 Å². The zero-order valence-electron chi connectivity index (χ0n) is 11.3. The second-order valence-electron chi connectivity index (χ2n) is 4.63. The van der Waals surface area contributed by atoms with Crippen LogP contribution in [0.25, 0.3) is 0 Å². The van der Waals surface area contributed by atoms with E-state index in [1.165, 1.54) is 5.69 Å². The fraction of sp³-hybridized carbons (Fsp3) is 0.500. The fourth-order valence-electron chi connectivity index (χ4n) is 2.02. The topological polar surface area (TPSA) is 44.4 Å². The number of hydrogen-bond donors (Lipinski definition) is 2. The predicted molar refractivity (Wildman–Crippen MR) is 81.8 cm³/mol. The highest BCUT2D eigenvalue weighted by molar-refractivity contribution is 7.99. The number of para-hydroxylation sites is 1. The number of anilines is 1. The van der Waals surface area contributed by atoms with Gasteiger partial charge in [0.2, 0.25) is 5.91 Å². The molecule has 1 aromatic rings. The van der Waals surface area contributed by atoms with Gasteiger partial charge in [0, 0.05) is 43.9 Å². The smallest absolute Gasteiger partial charge is 0.238 e. The molecular weight excluding hydrogens is 258 g/mol. The Kier molecular flexibility index (Phi) is 5.54. The van der Waals surface area contributed by atoms with Gasteiger partial charge in [-0.15, -0.1) is 0 Å². The van der Waals surface area contributed by atoms with Crippen molar-refractivity contribution in [3.63, 3.8) is 0 Å². The molecule has 2 rings (SSSR count). The first-order chi connectivity index (χ1) is 9.27. The average molecular weight is 279 g/mol. The van der Waals surface area contributed by atoms with Gasteiger partial charge in [0.25, 0.3) is 0 Å². The lowest BCUT2D eigenvalue weighted by Crippen LogP contribution is -2.50. The molecule has 1 aromatic carbocycles. The van der Waals surface area contributed by atoms with E-state index >= 15 is 0 Å². The minimum atomic E-state index is -0.0271. The van der Waals surface area contributed by atoms with Crippen LogP contribution in [0.5, 0.6) is 0 Å². The van der Waals surface area contributed by atoms with Crippen molar-refractivity contribution >= 4 is 23.4 Å². The maximum Gasteiger partial charge on any atom is 0.238 e. The summed E-state index contributed by atoms with van der Waals surface area (Å²) in [5.41, 5.74) is 1.17. The van der Waals surface area contributed by atoms with E-state index in [9.17, 15) is 4.79 Å². The van der Waals surface area contributed by atoms with Gasteiger partial charge >= 0.3 is 0 Å². The molecule has 1 fully saturated rings. The molecule has 1 unspecified atom stereocenters. The van der Waals surface area contributed by atoms with Crippen LogP contribution in [0, 0.1) is 0 Å². The molecule has 5 heteroatoms. The third-order valence-corrected chi connectivity index (χ3v) is 4.24. The highest BCUT2D eigenvalue weighted by Crippen LogP contribution is 2.10. The van der Waals surface area contributed by atoms with E-state index in [4.69, 9.17) is 0 Å². The minimum absolute atomic E-state index is 0.0271. The van der Waals surface area contributed by atoms with E-state index in [-0.39, 0.29) is 11.9 Å². The maximum absolute atomic E-state index is 11.9. The molecule has 1 atom stereocenters. The Morgan fingerprint density at radius 3 is 2.95 bits per heavy atom. The number of amides is 1. The monoisotopic (exact) mass is 279 g/mol. The number of benzene rings is 1. The Labute approximate surface area is 118 Å². The largest absolute Gasteiger partial charge is 0.373 e. The van der Waals surface area contributed by atoms with Crippen LogP contribution in [0.3, 0.4) is 0 Å². The lowest BCUT2D eigenvalue weighted by molar-refractivity contribution is -0.122. The minimum Gasteiger partial charge on any atom is -0.373 e. The Bertz CT molecular complexity index is 393. The molecule has 19 heavy (non-hydrogen) atoms. The SMILES string of the molecule is CN(CCNC(=O)C1CSCCN1)c1ccccc1. The van der Waals surface area contributed by atoms with Crippen LogP contribution in [0.2, 0.25) is 0 Å². The van der Waals surface area contributed by atoms with E-state index in [0.717, 1.165) is 24.6 Å². The first-order valence-electron chi connectivity index (χ1n) is 6.62. The van der Waals surface area contributed by atoms with Crippen LogP contribution >= 0.6 is 11.8 Å². The van der Waals surface area contributed by atoms with Crippen molar-refractivity contribution in [3.05, 3.63) is 30.3 Å². The molecule has 1 saturated heterocycles. The summed E-state index contributed by atoms with van der Waals surface area (Å²) in [5, 5.41) is 6.24. The molecule has 2 N–H and O–H groups in total. The first-order valence-corrected chi connectivity index (χ1v) is 7.78. The van der Waals surface area contributed by atoms with E-state index in [1.54, 1.807) is 0 Å². The van der Waals surface area contributed by atoms with Crippen molar-refractivity contribution in [1.29, 1.82) is 0 Å². The molecule has 0 aliphatic carbocycles. The number of carbonyl (C=O) groups is 1. The predicted octanol–water partition coefficient (Wildman–Crippen LogP) is 0.944. The van der Waals surface area contributed by atoms with E-state index in [0.29, 0.717) is 6.54 Å². The number of thioether (sulfide) groups is 1. The summed E-state index contributed by atoms with van der Waals surface area (Å²) in [6.07, 6.45) is 0. The molecule has 0 saturated carbocycles. The van der Waals surface area contributed by atoms with E-state index < -0.39 is 0 Å². The maximum atomic E-state index is 11.9. The van der Waals surface area contributed by atoms with Crippen LogP contribution in [0.1, 0.15) is 0 Å². The van der Waals surface area contributed by atoms with Gasteiger partial charge in [-0.05, 0) is 12.1 Å². The summed E-state index contributed by atoms with van der Waals surface area (Å²) in [6.45, 7) is 2.41. The summed E-state index contributed by atoms with van der Waals surface area (Å²) in [6, 6.07) is 10.2. The number of nitrogens with zero attached hydrogens (tertiary/aromatic N) is 1. The van der Waals surface area contributed by atoms with Gasteiger partial charge < -0.3 is 15.5 Å². The van der Waals surface area contributed by atoms with Gasteiger partial charge in [0.15, 0.2) is 0 Å². The van der Waals surface area contributed by atoms with Crippen molar-refractivity contribution in [2.45, 2.75) is 6.04 Å². The van der Waals surface area contributed by atoms with Crippen molar-refractivity contribution < 1.29 is 4.79 Å². The van der Waals surface area contributed by atoms with Crippen molar-refractivity contribution in [3.8, 4) is 0 Å². The summed E-state index contributed by atoms with van der Waals surface area (Å²) in [5.74, 6) is 2.09. The molecule has 1 heterocycles. The van der Waals surface area contributed by atoms with Crippen LogP contribution in [-0.2, 0) is 4.79 Å². The molecule has 1 aliphatic rings. The number of nitrogens with one attached hydrogen (secondary N) is 2. The molecule has 1 aliphatic heterocycles. The zero-order chi connectivity index (χ0) is 13.5. The van der Waals surface area contributed by atoms with Gasteiger partial charge in [-0.2, -0.15) is 11.8 Å². The summed E-state index contributed by atoms with van der Waals surface area (Å²) >= 11 is 1.83. The summed E-state index contributed by atoms with van der Waals surface area (Å²) in [7, 11) is 2.04. The number of likely N-dealkylation sites (N-methyl/N-ethyl adjacent to an activating group) is 1. The molecule has 4 nitrogen and oxygen atoms in total. The van der Waals surface area contributed by atoms with Crippen LogP contribution in [-0.4, -0.2) is 50.1 Å².